The Hall–Kier alpha value is -6.82. The van der Waals surface area contributed by atoms with Crippen molar-refractivity contribution >= 4 is 61.4 Å². The topological polar surface area (TPSA) is 57.4 Å². The summed E-state index contributed by atoms with van der Waals surface area (Å²) in [6, 6.07) is 57.9. The summed E-state index contributed by atoms with van der Waals surface area (Å²) in [6.45, 7) is -0.323. The minimum Gasteiger partial charge on any atom is -0.375 e. The zero-order valence-electron chi connectivity index (χ0n) is 26.3. The summed E-state index contributed by atoms with van der Waals surface area (Å²) >= 11 is 0. The summed E-state index contributed by atoms with van der Waals surface area (Å²) in [5.41, 5.74) is 13.2. The van der Waals surface area contributed by atoms with E-state index in [1.54, 1.807) is 0 Å². The Morgan fingerprint density at radius 3 is 1.71 bits per heavy atom. The summed E-state index contributed by atoms with van der Waals surface area (Å²) in [7, 11) is 0. The molecule has 1 aliphatic heterocycles. The van der Waals surface area contributed by atoms with E-state index in [9.17, 15) is 10.5 Å². The summed E-state index contributed by atoms with van der Waals surface area (Å²) in [5, 5.41) is 25.2. The molecule has 4 nitrogen and oxygen atoms in total. The lowest BCUT2D eigenvalue weighted by Crippen LogP contribution is -2.54. The maximum absolute atomic E-state index is 10.8. The normalized spacial score (nSPS) is 12.0. The molecule has 1 aliphatic rings. The van der Waals surface area contributed by atoms with E-state index in [4.69, 9.17) is 0 Å². The van der Waals surface area contributed by atoms with Gasteiger partial charge < -0.3 is 9.05 Å². The number of para-hydroxylation sites is 3. The highest BCUT2D eigenvalue weighted by Crippen LogP contribution is 2.42. The highest BCUT2D eigenvalue weighted by Gasteiger charge is 2.39. The molecule has 10 rings (SSSR count). The van der Waals surface area contributed by atoms with Crippen LogP contribution in [0.4, 0.5) is 0 Å². The number of fused-ring (bicyclic) bond motifs is 8. The molecule has 0 bridgehead atoms. The largest absolute Gasteiger partial charge is 0.375 e. The Morgan fingerprint density at radius 2 is 1.08 bits per heavy atom. The van der Waals surface area contributed by atoms with E-state index >= 15 is 0 Å². The van der Waals surface area contributed by atoms with E-state index in [0.29, 0.717) is 11.1 Å². The summed E-state index contributed by atoms with van der Waals surface area (Å²) in [5.74, 6) is 0. The molecule has 0 N–H and O–H groups in total. The molecular weight excluding hydrogens is 595 g/mol. The van der Waals surface area contributed by atoms with Gasteiger partial charge in [0.15, 0.2) is 0 Å². The Morgan fingerprint density at radius 1 is 0.490 bits per heavy atom. The molecular formula is C44H25BN4. The molecule has 0 unspecified atom stereocenters. The lowest BCUT2D eigenvalue weighted by atomic mass is 9.47. The molecule has 3 heterocycles. The number of rotatable bonds is 3. The van der Waals surface area contributed by atoms with Gasteiger partial charge in [0.2, 0.25) is 0 Å². The van der Waals surface area contributed by atoms with Crippen LogP contribution in [0, 0.1) is 22.7 Å². The van der Waals surface area contributed by atoms with Crippen LogP contribution in [0.5, 0.6) is 0 Å². The molecule has 9 aromatic rings. The molecule has 0 aliphatic carbocycles. The molecule has 0 atom stereocenters. The Balaban J connectivity index is 1.46. The van der Waals surface area contributed by atoms with Gasteiger partial charge in [-0.05, 0) is 46.3 Å². The van der Waals surface area contributed by atoms with E-state index in [0.717, 1.165) is 71.7 Å². The summed E-state index contributed by atoms with van der Waals surface area (Å²) < 4.78 is 4.79. The van der Waals surface area contributed by atoms with Crippen LogP contribution in [0.15, 0.2) is 152 Å². The van der Waals surface area contributed by atoms with Crippen molar-refractivity contribution in [2.45, 2.75) is 0 Å². The van der Waals surface area contributed by atoms with Crippen molar-refractivity contribution in [1.82, 2.24) is 9.05 Å². The maximum Gasteiger partial charge on any atom is 0.333 e. The van der Waals surface area contributed by atoms with Gasteiger partial charge in [-0.3, -0.25) is 0 Å². The molecule has 7 aromatic carbocycles. The fraction of sp³-hybridized carbons (Fsp3) is 0. The molecule has 49 heavy (non-hydrogen) atoms. The van der Waals surface area contributed by atoms with Crippen molar-refractivity contribution < 1.29 is 0 Å². The molecule has 224 valence electrons. The van der Waals surface area contributed by atoms with Gasteiger partial charge in [-0.15, -0.1) is 0 Å². The molecule has 0 spiro atoms. The van der Waals surface area contributed by atoms with Crippen molar-refractivity contribution in [3.05, 3.63) is 163 Å². The monoisotopic (exact) mass is 620 g/mol. The minimum absolute atomic E-state index is 0.323. The number of nitriles is 2. The Labute approximate surface area is 283 Å². The predicted molar refractivity (Wildman–Crippen MR) is 201 cm³/mol. The van der Waals surface area contributed by atoms with Gasteiger partial charge in [-0.1, -0.05) is 127 Å². The highest BCUT2D eigenvalue weighted by molar-refractivity contribution is 6.89. The molecule has 0 fully saturated rings. The second-order valence-corrected chi connectivity index (χ2v) is 12.7. The van der Waals surface area contributed by atoms with Crippen LogP contribution < -0.4 is 10.9 Å². The van der Waals surface area contributed by atoms with E-state index in [-0.39, 0.29) is 6.85 Å². The minimum atomic E-state index is -0.323. The van der Waals surface area contributed by atoms with Crippen LogP contribution >= 0.6 is 0 Å². The molecule has 0 saturated carbocycles. The van der Waals surface area contributed by atoms with Gasteiger partial charge in [0.05, 0.1) is 34.3 Å². The average molecular weight is 621 g/mol. The number of hydrogen-bond acceptors (Lipinski definition) is 2. The van der Waals surface area contributed by atoms with Crippen LogP contribution in [-0.4, -0.2) is 15.9 Å². The van der Waals surface area contributed by atoms with Crippen LogP contribution in [0.1, 0.15) is 11.1 Å². The lowest BCUT2D eigenvalue weighted by molar-refractivity contribution is 1.18. The summed E-state index contributed by atoms with van der Waals surface area (Å²) in [6.07, 6.45) is 0. The fourth-order valence-corrected chi connectivity index (χ4v) is 8.28. The van der Waals surface area contributed by atoms with Gasteiger partial charge in [-0.2, -0.15) is 10.5 Å². The third kappa shape index (κ3) is 3.73. The first kappa shape index (κ1) is 27.3. The summed E-state index contributed by atoms with van der Waals surface area (Å²) in [4.78, 5) is 0. The van der Waals surface area contributed by atoms with E-state index in [1.807, 2.05) is 24.3 Å². The predicted octanol–water partition coefficient (Wildman–Crippen LogP) is 8.94. The van der Waals surface area contributed by atoms with E-state index in [1.165, 1.54) is 10.8 Å². The Bertz CT molecular complexity index is 2810. The maximum atomic E-state index is 10.8. The van der Waals surface area contributed by atoms with Crippen LogP contribution in [0.25, 0.3) is 71.6 Å². The van der Waals surface area contributed by atoms with Crippen molar-refractivity contribution in [1.29, 1.82) is 10.5 Å². The molecule has 0 radical (unpaired) electrons. The van der Waals surface area contributed by atoms with Crippen molar-refractivity contribution in [2.24, 2.45) is 0 Å². The van der Waals surface area contributed by atoms with Crippen molar-refractivity contribution in [3.63, 3.8) is 0 Å². The standard InChI is InChI=1S/C44H25BN4/c46-26-28-21-23-34-37-24-22-31(27-47)41-44(37)48(40(34)25-28)39-20-8-7-19-38(39)45(41)49-42-32(29-11-3-1-4-12-29)15-9-17-35(42)36-18-10-16-33(43(36)49)30-13-5-2-6-14-30/h1-25H. The number of nitrogens with zero attached hydrogens (tertiary/aromatic N) is 4. The van der Waals surface area contributed by atoms with Gasteiger partial charge in [0, 0.05) is 49.4 Å². The quantitative estimate of drug-likeness (QED) is 0.185. The Kier molecular flexibility index (Phi) is 5.77. The van der Waals surface area contributed by atoms with E-state index in [2.05, 4.69) is 149 Å². The number of aromatic nitrogens is 2. The molecule has 5 heteroatoms. The average Bonchev–Trinajstić information content (AvgIpc) is 3.69. The molecule has 2 aromatic heterocycles. The first-order valence-corrected chi connectivity index (χ1v) is 16.4. The van der Waals surface area contributed by atoms with Gasteiger partial charge in [0.25, 0.3) is 0 Å². The van der Waals surface area contributed by atoms with E-state index < -0.39 is 0 Å². The highest BCUT2D eigenvalue weighted by atomic mass is 15.0. The zero-order valence-corrected chi connectivity index (χ0v) is 26.3. The van der Waals surface area contributed by atoms with Gasteiger partial charge in [0.1, 0.15) is 0 Å². The number of hydrogen-bond donors (Lipinski definition) is 0. The van der Waals surface area contributed by atoms with Crippen molar-refractivity contribution in [2.75, 3.05) is 0 Å². The third-order valence-electron chi connectivity index (χ3n) is 10.2. The van der Waals surface area contributed by atoms with Crippen molar-refractivity contribution in [3.8, 4) is 40.1 Å². The van der Waals surface area contributed by atoms with Crippen LogP contribution in [0.2, 0.25) is 0 Å². The first-order valence-electron chi connectivity index (χ1n) is 16.4. The van der Waals surface area contributed by atoms with Crippen LogP contribution in [0.3, 0.4) is 0 Å². The first-order chi connectivity index (χ1) is 24.3. The third-order valence-corrected chi connectivity index (χ3v) is 10.2. The molecule has 0 amide bonds. The van der Waals surface area contributed by atoms with Gasteiger partial charge >= 0.3 is 6.85 Å². The van der Waals surface area contributed by atoms with Gasteiger partial charge in [-0.25, -0.2) is 0 Å². The molecule has 0 saturated heterocycles. The second-order valence-electron chi connectivity index (χ2n) is 12.7. The second kappa shape index (κ2) is 10.3. The lowest BCUT2D eigenvalue weighted by Gasteiger charge is -2.30. The smallest absolute Gasteiger partial charge is 0.333 e. The SMILES string of the molecule is N#Cc1ccc2c3ccc(C#N)c4c3n(c2c1)-c1ccccc1B4n1c2c(-c3ccccc3)cccc2c2cccc(-c3ccccc3)c21. The fourth-order valence-electron chi connectivity index (χ4n) is 8.28. The van der Waals surface area contributed by atoms with Crippen LogP contribution in [-0.2, 0) is 0 Å². The zero-order chi connectivity index (χ0) is 32.6. The number of benzene rings is 7.